The molecule has 1 saturated heterocycles. The summed E-state index contributed by atoms with van der Waals surface area (Å²) in [6, 6.07) is 6.75. The van der Waals surface area contributed by atoms with Crippen molar-refractivity contribution in [2.24, 2.45) is 0 Å². The highest BCUT2D eigenvalue weighted by atomic mass is 32.2. The van der Waals surface area contributed by atoms with E-state index in [0.29, 0.717) is 12.1 Å². The van der Waals surface area contributed by atoms with E-state index < -0.39 is 0 Å². The van der Waals surface area contributed by atoms with Gasteiger partial charge in [0.15, 0.2) is 0 Å². The minimum atomic E-state index is -0.227. The van der Waals surface area contributed by atoms with Gasteiger partial charge in [0.2, 0.25) is 5.91 Å². The number of likely N-dealkylation sites (N-methyl/N-ethyl adjacent to an activating group) is 1. The monoisotopic (exact) mass is 283 g/mol. The highest BCUT2D eigenvalue weighted by molar-refractivity contribution is 8.01. The van der Waals surface area contributed by atoms with Crippen LogP contribution in [0.1, 0.15) is 24.3 Å². The van der Waals surface area contributed by atoms with Crippen molar-refractivity contribution in [1.82, 2.24) is 4.90 Å². The SMILES string of the molecule is CC[C@H]1S[C@H](c2ccccc2F)N(CC[NH2+]C)C1=O. The van der Waals surface area contributed by atoms with E-state index in [0.717, 1.165) is 13.0 Å². The third-order valence-electron chi connectivity index (χ3n) is 3.34. The molecule has 0 radical (unpaired) electrons. The molecule has 3 nitrogen and oxygen atoms in total. The molecule has 0 unspecified atom stereocenters. The Kier molecular flexibility index (Phi) is 4.82. The van der Waals surface area contributed by atoms with Gasteiger partial charge in [-0.3, -0.25) is 4.79 Å². The van der Waals surface area contributed by atoms with Gasteiger partial charge in [0.1, 0.15) is 11.2 Å². The van der Waals surface area contributed by atoms with Crippen molar-refractivity contribution >= 4 is 17.7 Å². The molecular weight excluding hydrogens is 263 g/mol. The number of benzene rings is 1. The standard InChI is InChI=1S/C14H19FN2OS/c1-3-12-13(18)17(9-8-16-2)14(19-12)10-6-4-5-7-11(10)15/h4-7,12,14,16H,3,8-9H2,1-2H3/p+1/t12-,14-/m1/s1. The Bertz CT molecular complexity index is 455. The molecule has 19 heavy (non-hydrogen) atoms. The van der Waals surface area contributed by atoms with Crippen LogP contribution in [0.2, 0.25) is 0 Å². The number of carbonyl (C=O) groups is 1. The molecule has 0 aromatic heterocycles. The molecule has 2 N–H and O–H groups in total. The number of quaternary nitrogens is 1. The molecule has 1 aromatic rings. The summed E-state index contributed by atoms with van der Waals surface area (Å²) in [4.78, 5) is 14.1. The lowest BCUT2D eigenvalue weighted by atomic mass is 10.2. The number of halogens is 1. The summed E-state index contributed by atoms with van der Waals surface area (Å²) in [6.45, 7) is 3.51. The average Bonchev–Trinajstić information content (AvgIpc) is 2.73. The zero-order valence-electron chi connectivity index (χ0n) is 11.3. The molecule has 1 aliphatic rings. The second-order valence-corrected chi connectivity index (χ2v) is 5.92. The number of amides is 1. The first-order chi connectivity index (χ1) is 9.19. The summed E-state index contributed by atoms with van der Waals surface area (Å²) in [5.41, 5.74) is 0.618. The zero-order chi connectivity index (χ0) is 13.8. The zero-order valence-corrected chi connectivity index (χ0v) is 12.1. The minimum Gasteiger partial charge on any atom is -0.347 e. The van der Waals surface area contributed by atoms with Crippen LogP contribution in [-0.4, -0.2) is 36.2 Å². The van der Waals surface area contributed by atoms with E-state index in [9.17, 15) is 9.18 Å². The normalized spacial score (nSPS) is 23.1. The molecule has 1 heterocycles. The summed E-state index contributed by atoms with van der Waals surface area (Å²) in [6.07, 6.45) is 0.792. The molecule has 0 bridgehead atoms. The van der Waals surface area contributed by atoms with Crippen molar-refractivity contribution in [2.75, 3.05) is 20.1 Å². The second-order valence-electron chi connectivity index (χ2n) is 4.64. The summed E-state index contributed by atoms with van der Waals surface area (Å²) < 4.78 is 13.9. The highest BCUT2D eigenvalue weighted by Gasteiger charge is 2.40. The fraction of sp³-hybridized carbons (Fsp3) is 0.500. The summed E-state index contributed by atoms with van der Waals surface area (Å²) in [7, 11) is 1.98. The predicted octanol–water partition coefficient (Wildman–Crippen LogP) is 1.37. The van der Waals surface area contributed by atoms with E-state index >= 15 is 0 Å². The van der Waals surface area contributed by atoms with Gasteiger partial charge in [0.25, 0.3) is 0 Å². The van der Waals surface area contributed by atoms with Crippen LogP contribution in [0, 0.1) is 5.82 Å². The number of hydrogen-bond acceptors (Lipinski definition) is 2. The van der Waals surface area contributed by atoms with Gasteiger partial charge in [-0.2, -0.15) is 0 Å². The van der Waals surface area contributed by atoms with Crippen LogP contribution >= 0.6 is 11.8 Å². The maximum atomic E-state index is 13.9. The van der Waals surface area contributed by atoms with E-state index in [1.165, 1.54) is 6.07 Å². The number of thioether (sulfide) groups is 1. The van der Waals surface area contributed by atoms with Crippen molar-refractivity contribution < 1.29 is 14.5 Å². The first-order valence-electron chi connectivity index (χ1n) is 6.67. The average molecular weight is 283 g/mol. The highest BCUT2D eigenvalue weighted by Crippen LogP contribution is 2.44. The Morgan fingerprint density at radius 1 is 1.42 bits per heavy atom. The van der Waals surface area contributed by atoms with Crippen LogP contribution in [0.4, 0.5) is 4.39 Å². The largest absolute Gasteiger partial charge is 0.347 e. The van der Waals surface area contributed by atoms with Crippen molar-refractivity contribution in [3.63, 3.8) is 0 Å². The molecule has 2 rings (SSSR count). The topological polar surface area (TPSA) is 36.9 Å². The van der Waals surface area contributed by atoms with E-state index in [-0.39, 0.29) is 22.3 Å². The van der Waals surface area contributed by atoms with Gasteiger partial charge in [-0.05, 0) is 12.5 Å². The third-order valence-corrected chi connectivity index (χ3v) is 4.97. The number of hydrogen-bond donors (Lipinski definition) is 1. The lowest BCUT2D eigenvalue weighted by Crippen LogP contribution is -2.81. The molecule has 0 aliphatic carbocycles. The maximum Gasteiger partial charge on any atom is 0.237 e. The van der Waals surface area contributed by atoms with E-state index in [1.54, 1.807) is 23.9 Å². The molecule has 1 fully saturated rings. The van der Waals surface area contributed by atoms with Crippen LogP contribution in [0.15, 0.2) is 24.3 Å². The van der Waals surface area contributed by atoms with Crippen LogP contribution in [0.3, 0.4) is 0 Å². The fourth-order valence-electron chi connectivity index (χ4n) is 2.27. The number of carbonyl (C=O) groups excluding carboxylic acids is 1. The van der Waals surface area contributed by atoms with Gasteiger partial charge < -0.3 is 10.2 Å². The first kappa shape index (κ1) is 14.3. The van der Waals surface area contributed by atoms with E-state index in [4.69, 9.17) is 0 Å². The van der Waals surface area contributed by atoms with Gasteiger partial charge in [-0.25, -0.2) is 4.39 Å². The quantitative estimate of drug-likeness (QED) is 0.886. The lowest BCUT2D eigenvalue weighted by Gasteiger charge is -2.23. The fourth-order valence-corrected chi connectivity index (χ4v) is 3.72. The van der Waals surface area contributed by atoms with Gasteiger partial charge in [-0.1, -0.05) is 25.1 Å². The number of nitrogens with two attached hydrogens (primary N) is 1. The Labute approximate surface area is 117 Å². The molecule has 0 spiro atoms. The molecule has 0 saturated carbocycles. The molecular formula is C14H20FN2OS+. The maximum absolute atomic E-state index is 13.9. The van der Waals surface area contributed by atoms with Gasteiger partial charge in [0, 0.05) is 5.56 Å². The van der Waals surface area contributed by atoms with Crippen molar-refractivity contribution in [2.45, 2.75) is 24.0 Å². The summed E-state index contributed by atoms with van der Waals surface area (Å²) >= 11 is 1.57. The summed E-state index contributed by atoms with van der Waals surface area (Å²) in [5, 5.41) is 1.82. The van der Waals surface area contributed by atoms with Crippen molar-refractivity contribution in [1.29, 1.82) is 0 Å². The Morgan fingerprint density at radius 3 is 2.79 bits per heavy atom. The van der Waals surface area contributed by atoms with Gasteiger partial charge in [-0.15, -0.1) is 11.8 Å². The Balaban J connectivity index is 2.26. The predicted molar refractivity (Wildman–Crippen MR) is 75.2 cm³/mol. The second kappa shape index (κ2) is 6.39. The van der Waals surface area contributed by atoms with E-state index in [2.05, 4.69) is 0 Å². The van der Waals surface area contributed by atoms with Crippen molar-refractivity contribution in [3.8, 4) is 0 Å². The van der Waals surface area contributed by atoms with Crippen molar-refractivity contribution in [3.05, 3.63) is 35.6 Å². The number of nitrogens with zero attached hydrogens (tertiary/aromatic N) is 1. The van der Waals surface area contributed by atoms with Crippen LogP contribution in [0.25, 0.3) is 0 Å². The molecule has 104 valence electrons. The van der Waals surface area contributed by atoms with Gasteiger partial charge >= 0.3 is 0 Å². The van der Waals surface area contributed by atoms with E-state index in [1.807, 2.05) is 30.3 Å². The number of rotatable bonds is 5. The molecule has 1 aromatic carbocycles. The van der Waals surface area contributed by atoms with Crippen LogP contribution in [-0.2, 0) is 4.79 Å². The Hall–Kier alpha value is -1.07. The molecule has 1 aliphatic heterocycles. The molecule has 5 heteroatoms. The smallest absolute Gasteiger partial charge is 0.237 e. The summed E-state index contributed by atoms with van der Waals surface area (Å²) in [5.74, 6) is -0.0855. The first-order valence-corrected chi connectivity index (χ1v) is 7.61. The molecule has 2 atom stereocenters. The third kappa shape index (κ3) is 2.92. The lowest BCUT2D eigenvalue weighted by molar-refractivity contribution is -0.626. The molecule has 1 amide bonds. The minimum absolute atomic E-state index is 0.0403. The van der Waals surface area contributed by atoms with Gasteiger partial charge in [0.05, 0.1) is 25.4 Å². The van der Waals surface area contributed by atoms with Crippen LogP contribution in [0.5, 0.6) is 0 Å². The Morgan fingerprint density at radius 2 is 2.16 bits per heavy atom. The van der Waals surface area contributed by atoms with Crippen LogP contribution < -0.4 is 5.32 Å².